The third-order valence-electron chi connectivity index (χ3n) is 2.54. The van der Waals surface area contributed by atoms with E-state index >= 15 is 0 Å². The maximum Gasteiger partial charge on any atom is 0.253 e. The normalized spacial score (nSPS) is 15.3. The number of aromatic amines is 1. The fraction of sp³-hybridized carbons (Fsp3) is 0.400. The van der Waals surface area contributed by atoms with Crippen molar-refractivity contribution in [2.45, 2.75) is 12.8 Å². The third kappa shape index (κ3) is 1.66. The van der Waals surface area contributed by atoms with Crippen LogP contribution in [0.3, 0.4) is 0 Å². The highest BCUT2D eigenvalue weighted by Crippen LogP contribution is 2.25. The molecule has 0 radical (unpaired) electrons. The lowest BCUT2D eigenvalue weighted by atomic mass is 10.2. The molecule has 1 aliphatic rings. The Bertz CT molecular complexity index is 467. The van der Waals surface area contributed by atoms with Crippen molar-refractivity contribution >= 4 is 5.82 Å². The molecule has 0 atom stereocenters. The molecule has 78 valence electrons. The van der Waals surface area contributed by atoms with Crippen LogP contribution in [0.2, 0.25) is 0 Å². The van der Waals surface area contributed by atoms with Crippen LogP contribution in [0.25, 0.3) is 0 Å². The maximum atomic E-state index is 11.2. The van der Waals surface area contributed by atoms with Gasteiger partial charge in [0, 0.05) is 19.2 Å². The highest BCUT2D eigenvalue weighted by molar-refractivity contribution is 5.60. The zero-order chi connectivity index (χ0) is 10.8. The highest BCUT2D eigenvalue weighted by atomic mass is 16.3. The SMILES string of the molecule is N#Cc1c(O)cc(=O)[nH]c1N1CCCC1. The summed E-state index contributed by atoms with van der Waals surface area (Å²) in [5, 5.41) is 18.4. The highest BCUT2D eigenvalue weighted by Gasteiger charge is 2.19. The summed E-state index contributed by atoms with van der Waals surface area (Å²) in [6.07, 6.45) is 2.09. The summed E-state index contributed by atoms with van der Waals surface area (Å²) >= 11 is 0. The predicted molar refractivity (Wildman–Crippen MR) is 54.9 cm³/mol. The average molecular weight is 205 g/mol. The van der Waals surface area contributed by atoms with Crippen LogP contribution in [0, 0.1) is 11.3 Å². The van der Waals surface area contributed by atoms with Gasteiger partial charge in [-0.2, -0.15) is 5.26 Å². The molecule has 0 spiro atoms. The summed E-state index contributed by atoms with van der Waals surface area (Å²) in [7, 11) is 0. The number of hydrogen-bond donors (Lipinski definition) is 2. The van der Waals surface area contributed by atoms with Gasteiger partial charge in [0.2, 0.25) is 0 Å². The molecule has 2 rings (SSSR count). The van der Waals surface area contributed by atoms with Gasteiger partial charge in [0.25, 0.3) is 5.56 Å². The van der Waals surface area contributed by atoms with Crippen LogP contribution in [-0.4, -0.2) is 23.2 Å². The van der Waals surface area contributed by atoms with Crippen molar-refractivity contribution in [1.29, 1.82) is 5.26 Å². The zero-order valence-electron chi connectivity index (χ0n) is 8.16. The number of rotatable bonds is 1. The van der Waals surface area contributed by atoms with Gasteiger partial charge < -0.3 is 15.0 Å². The van der Waals surface area contributed by atoms with Gasteiger partial charge in [0.05, 0.1) is 0 Å². The second-order valence-electron chi connectivity index (χ2n) is 3.55. The van der Waals surface area contributed by atoms with Crippen LogP contribution < -0.4 is 10.5 Å². The molecule has 2 N–H and O–H groups in total. The molecule has 1 aromatic heterocycles. The van der Waals surface area contributed by atoms with Crippen molar-refractivity contribution in [3.8, 4) is 11.8 Å². The van der Waals surface area contributed by atoms with Crippen LogP contribution in [0.1, 0.15) is 18.4 Å². The number of aromatic hydroxyl groups is 1. The van der Waals surface area contributed by atoms with E-state index in [2.05, 4.69) is 4.98 Å². The zero-order valence-corrected chi connectivity index (χ0v) is 8.16. The van der Waals surface area contributed by atoms with E-state index in [1.807, 2.05) is 11.0 Å². The predicted octanol–water partition coefficient (Wildman–Crippen LogP) is 0.552. The quantitative estimate of drug-likeness (QED) is 0.701. The smallest absolute Gasteiger partial charge is 0.253 e. The van der Waals surface area contributed by atoms with Crippen LogP contribution >= 0.6 is 0 Å². The molecule has 0 bridgehead atoms. The van der Waals surface area contributed by atoms with Crippen molar-refractivity contribution in [2.24, 2.45) is 0 Å². The van der Waals surface area contributed by atoms with E-state index in [-0.39, 0.29) is 16.9 Å². The van der Waals surface area contributed by atoms with E-state index in [9.17, 15) is 9.90 Å². The number of nitrogens with one attached hydrogen (secondary N) is 1. The number of H-pyrrole nitrogens is 1. The molecule has 5 nitrogen and oxygen atoms in total. The van der Waals surface area contributed by atoms with Crippen LogP contribution in [0.4, 0.5) is 5.82 Å². The lowest BCUT2D eigenvalue weighted by Crippen LogP contribution is -2.23. The molecule has 0 saturated carbocycles. The molecule has 0 aliphatic carbocycles. The van der Waals surface area contributed by atoms with Crippen LogP contribution in [-0.2, 0) is 0 Å². The summed E-state index contributed by atoms with van der Waals surface area (Å²) in [5.74, 6) is 0.197. The summed E-state index contributed by atoms with van der Waals surface area (Å²) in [6.45, 7) is 1.63. The number of pyridine rings is 1. The average Bonchev–Trinajstić information content (AvgIpc) is 2.69. The Balaban J connectivity index is 2.53. The van der Waals surface area contributed by atoms with Gasteiger partial charge in [-0.05, 0) is 12.8 Å². The number of aromatic nitrogens is 1. The molecule has 5 heteroatoms. The van der Waals surface area contributed by atoms with E-state index in [1.165, 1.54) is 0 Å². The van der Waals surface area contributed by atoms with Gasteiger partial charge in [0.15, 0.2) is 0 Å². The first kappa shape index (κ1) is 9.59. The molecule has 1 saturated heterocycles. The van der Waals surface area contributed by atoms with Crippen molar-refractivity contribution in [3.63, 3.8) is 0 Å². The Morgan fingerprint density at radius 2 is 2.13 bits per heavy atom. The van der Waals surface area contributed by atoms with Crippen molar-refractivity contribution in [3.05, 3.63) is 22.0 Å². The van der Waals surface area contributed by atoms with E-state index in [1.54, 1.807) is 0 Å². The standard InChI is InChI=1S/C10H11N3O2/c11-6-7-8(14)5-9(15)12-10(7)13-3-1-2-4-13/h5H,1-4H2,(H2,12,14,15). The van der Waals surface area contributed by atoms with E-state index in [0.717, 1.165) is 32.0 Å². The number of nitrogens with zero attached hydrogens (tertiary/aromatic N) is 2. The second kappa shape index (κ2) is 3.65. The molecule has 0 amide bonds. The summed E-state index contributed by atoms with van der Waals surface area (Å²) in [6, 6.07) is 2.93. The topological polar surface area (TPSA) is 80.1 Å². The largest absolute Gasteiger partial charge is 0.506 e. The number of nitriles is 1. The Labute approximate surface area is 86.6 Å². The lowest BCUT2D eigenvalue weighted by Gasteiger charge is -2.18. The Morgan fingerprint density at radius 3 is 2.73 bits per heavy atom. The fourth-order valence-corrected chi connectivity index (χ4v) is 1.82. The minimum atomic E-state index is -0.381. The maximum absolute atomic E-state index is 11.2. The molecule has 1 fully saturated rings. The first-order valence-corrected chi connectivity index (χ1v) is 4.83. The van der Waals surface area contributed by atoms with Crippen LogP contribution in [0.15, 0.2) is 10.9 Å². The van der Waals surface area contributed by atoms with E-state index in [4.69, 9.17) is 5.26 Å². The monoisotopic (exact) mass is 205 g/mol. The van der Waals surface area contributed by atoms with E-state index < -0.39 is 0 Å². The van der Waals surface area contributed by atoms with Gasteiger partial charge in [-0.25, -0.2) is 0 Å². The number of hydrogen-bond acceptors (Lipinski definition) is 4. The number of anilines is 1. The summed E-state index contributed by atoms with van der Waals surface area (Å²) in [5.41, 5.74) is -0.232. The molecule has 0 unspecified atom stereocenters. The van der Waals surface area contributed by atoms with Gasteiger partial charge in [-0.1, -0.05) is 0 Å². The second-order valence-corrected chi connectivity index (χ2v) is 3.55. The summed E-state index contributed by atoms with van der Waals surface area (Å²) < 4.78 is 0. The molecule has 15 heavy (non-hydrogen) atoms. The summed E-state index contributed by atoms with van der Waals surface area (Å²) in [4.78, 5) is 15.7. The first-order valence-electron chi connectivity index (χ1n) is 4.83. The lowest BCUT2D eigenvalue weighted by molar-refractivity contribution is 0.472. The third-order valence-corrected chi connectivity index (χ3v) is 2.54. The Morgan fingerprint density at radius 1 is 1.47 bits per heavy atom. The van der Waals surface area contributed by atoms with Crippen LogP contribution in [0.5, 0.6) is 5.75 Å². The van der Waals surface area contributed by atoms with Gasteiger partial charge >= 0.3 is 0 Å². The van der Waals surface area contributed by atoms with Gasteiger partial charge in [-0.3, -0.25) is 4.79 Å². The molecule has 1 aliphatic heterocycles. The Kier molecular flexibility index (Phi) is 2.34. The molecule has 0 aromatic carbocycles. The van der Waals surface area contributed by atoms with Crippen molar-refractivity contribution < 1.29 is 5.11 Å². The molecule has 1 aromatic rings. The molecule has 2 heterocycles. The van der Waals surface area contributed by atoms with Crippen molar-refractivity contribution in [2.75, 3.05) is 18.0 Å². The van der Waals surface area contributed by atoms with E-state index in [0.29, 0.717) is 5.82 Å². The van der Waals surface area contributed by atoms with Crippen molar-refractivity contribution in [1.82, 2.24) is 4.98 Å². The molecular formula is C10H11N3O2. The Hall–Kier alpha value is -1.96. The minimum absolute atomic E-state index is 0.150. The minimum Gasteiger partial charge on any atom is -0.506 e. The first-order chi connectivity index (χ1) is 7.22. The fourth-order valence-electron chi connectivity index (χ4n) is 1.82. The van der Waals surface area contributed by atoms with Gasteiger partial charge in [-0.15, -0.1) is 0 Å². The molecular weight excluding hydrogens is 194 g/mol. The van der Waals surface area contributed by atoms with Gasteiger partial charge in [0.1, 0.15) is 23.2 Å².